The molecular weight excluding hydrogens is 474 g/mol. The monoisotopic (exact) mass is 523 g/mol. The van der Waals surface area contributed by atoms with Gasteiger partial charge < -0.3 is 28.3 Å². The largest absolute Gasteiger partial charge is 0.398 e. The molecule has 0 heterocycles. The average molecular weight is 524 g/mol. The molecule has 9 N–H and O–H groups in total. The third-order valence-corrected chi connectivity index (χ3v) is 7.07. The number of amides is 3. The third-order valence-electron chi connectivity index (χ3n) is 5.92. The first-order valence-corrected chi connectivity index (χ1v) is 13.4. The van der Waals surface area contributed by atoms with Crippen LogP contribution in [0.15, 0.2) is 46.4 Å². The highest BCUT2D eigenvalue weighted by Crippen LogP contribution is 2.38. The molecule has 0 aliphatic heterocycles. The number of hydrogen-bond donors (Lipinski definition) is 5. The first-order chi connectivity index (χ1) is 17.0. The molecule has 8 nitrogen and oxygen atoms in total. The molecule has 0 aromatic carbocycles. The van der Waals surface area contributed by atoms with E-state index in [0.29, 0.717) is 43.2 Å². The molecule has 9 heteroatoms. The molecule has 0 fully saturated rings. The molecule has 0 saturated heterocycles. The minimum Gasteiger partial charge on any atom is -0.398 e. The van der Waals surface area contributed by atoms with Crippen LogP contribution in [0, 0.1) is 23.7 Å². The first kappa shape index (κ1) is 35.6. The molecule has 0 bridgehead atoms. The lowest BCUT2D eigenvalue weighted by molar-refractivity contribution is -0.118. The average Bonchev–Trinajstić information content (AvgIpc) is 2.84. The van der Waals surface area contributed by atoms with Crippen LogP contribution < -0.4 is 28.3 Å². The smallest absolute Gasteiger partial charge is 0.243 e. The molecular formula is C27H49N5O3S. The number of carbonyl (C=O) groups excluding carboxylic acids is 3. The zero-order valence-corrected chi connectivity index (χ0v) is 23.6. The molecule has 0 saturated carbocycles. The Hall–Kier alpha value is -2.52. The molecule has 3 unspecified atom stereocenters. The van der Waals surface area contributed by atoms with E-state index in [-0.39, 0.29) is 18.2 Å². The fraction of sp³-hybridized carbons (Fsp3) is 0.593. The van der Waals surface area contributed by atoms with Crippen LogP contribution in [0.4, 0.5) is 0 Å². The van der Waals surface area contributed by atoms with Gasteiger partial charge in [0.2, 0.25) is 18.2 Å². The maximum atomic E-state index is 11.8. The van der Waals surface area contributed by atoms with Crippen LogP contribution in [-0.4, -0.2) is 31.3 Å². The van der Waals surface area contributed by atoms with Gasteiger partial charge in [-0.2, -0.15) is 0 Å². The highest BCUT2D eigenvalue weighted by molar-refractivity contribution is 8.06. The van der Waals surface area contributed by atoms with Crippen molar-refractivity contribution in [2.45, 2.75) is 66.7 Å². The van der Waals surface area contributed by atoms with Gasteiger partial charge in [-0.1, -0.05) is 71.5 Å². The van der Waals surface area contributed by atoms with E-state index in [4.69, 9.17) is 16.3 Å². The molecule has 0 aromatic rings. The van der Waals surface area contributed by atoms with Crippen molar-refractivity contribution in [2.75, 3.05) is 13.1 Å². The summed E-state index contributed by atoms with van der Waals surface area (Å²) in [5, 5.41) is 3.01. The van der Waals surface area contributed by atoms with Gasteiger partial charge in [-0.3, -0.25) is 14.4 Å². The number of hydrogen-bond acceptors (Lipinski definition) is 6. The second kappa shape index (κ2) is 21.7. The van der Waals surface area contributed by atoms with Gasteiger partial charge in [0.1, 0.15) is 0 Å². The number of carbonyl (C=O) groups is 3. The molecule has 3 amide bonds. The van der Waals surface area contributed by atoms with E-state index in [2.05, 4.69) is 63.2 Å². The van der Waals surface area contributed by atoms with Crippen molar-refractivity contribution in [1.29, 1.82) is 0 Å². The predicted molar refractivity (Wildman–Crippen MR) is 153 cm³/mol. The fourth-order valence-corrected chi connectivity index (χ4v) is 4.27. The molecule has 0 aromatic heterocycles. The summed E-state index contributed by atoms with van der Waals surface area (Å²) in [6.07, 6.45) is 12.2. The predicted octanol–water partition coefficient (Wildman–Crippen LogP) is 3.69. The maximum absolute atomic E-state index is 11.8. The normalized spacial score (nSPS) is 16.4. The Balaban J connectivity index is 0. The van der Waals surface area contributed by atoms with Crippen molar-refractivity contribution in [1.82, 2.24) is 5.32 Å². The maximum Gasteiger partial charge on any atom is 0.243 e. The van der Waals surface area contributed by atoms with Crippen LogP contribution in [-0.2, 0) is 14.4 Å². The van der Waals surface area contributed by atoms with Gasteiger partial charge in [0.05, 0.1) is 0 Å². The zero-order chi connectivity index (χ0) is 28.1. The van der Waals surface area contributed by atoms with E-state index >= 15 is 0 Å². The van der Waals surface area contributed by atoms with E-state index < -0.39 is 0 Å². The SMILES string of the molecule is C=C(CCC(CNC(=O)/C=C/CN)C(C)CC)SC1=C(N)C=CC(C(C)C)C1.CCC(N)=O.NC=O. The standard InChI is InChI=1S/C23H39N3OS.C3H7NO.CH3NO/c1-6-17(4)20(15-26-23(27)8-7-13-24)10-9-18(5)28-22-14-19(16(2)3)11-12-21(22)25;1-2-3(4)5;2-1-3/h7-8,11-12,16-17,19-20H,5-6,9-10,13-15,24-25H2,1-4H3,(H,26,27);2H2,1H3,(H2,4,5);1H,(H2,2,3)/b8-7+;;. The second-order valence-electron chi connectivity index (χ2n) is 9.01. The summed E-state index contributed by atoms with van der Waals surface area (Å²) >= 11 is 1.74. The highest BCUT2D eigenvalue weighted by Gasteiger charge is 2.20. The van der Waals surface area contributed by atoms with Gasteiger partial charge in [0.25, 0.3) is 0 Å². The van der Waals surface area contributed by atoms with Gasteiger partial charge in [-0.25, -0.2) is 0 Å². The Labute approximate surface area is 222 Å². The van der Waals surface area contributed by atoms with Crippen LogP contribution in [0.2, 0.25) is 0 Å². The van der Waals surface area contributed by atoms with Gasteiger partial charge in [-0.05, 0) is 53.9 Å². The van der Waals surface area contributed by atoms with Gasteiger partial charge in [-0.15, -0.1) is 0 Å². The summed E-state index contributed by atoms with van der Waals surface area (Å²) in [4.78, 5) is 32.4. The van der Waals surface area contributed by atoms with Crippen molar-refractivity contribution in [3.05, 3.63) is 46.4 Å². The third kappa shape index (κ3) is 17.8. The molecule has 1 aliphatic carbocycles. The van der Waals surface area contributed by atoms with Crippen molar-refractivity contribution in [3.63, 3.8) is 0 Å². The number of rotatable bonds is 13. The molecule has 3 atom stereocenters. The summed E-state index contributed by atoms with van der Waals surface area (Å²) in [5.74, 6) is 1.82. The summed E-state index contributed by atoms with van der Waals surface area (Å²) in [6, 6.07) is 0. The lowest BCUT2D eigenvalue weighted by Crippen LogP contribution is -2.31. The molecule has 36 heavy (non-hydrogen) atoms. The summed E-state index contributed by atoms with van der Waals surface area (Å²) in [7, 11) is 0. The number of nitrogens with one attached hydrogen (secondary N) is 1. The van der Waals surface area contributed by atoms with Crippen molar-refractivity contribution in [3.8, 4) is 0 Å². The van der Waals surface area contributed by atoms with Crippen molar-refractivity contribution >= 4 is 30.0 Å². The topological polar surface area (TPSA) is 167 Å². The second-order valence-corrected chi connectivity index (χ2v) is 10.3. The Kier molecular flexibility index (Phi) is 21.5. The minimum atomic E-state index is -0.245. The highest BCUT2D eigenvalue weighted by atomic mass is 32.2. The number of nitrogens with two attached hydrogens (primary N) is 4. The van der Waals surface area contributed by atoms with E-state index in [0.717, 1.165) is 36.3 Å². The van der Waals surface area contributed by atoms with E-state index in [1.165, 1.54) is 11.0 Å². The lowest BCUT2D eigenvalue weighted by atomic mass is 9.87. The van der Waals surface area contributed by atoms with Crippen LogP contribution in [0.1, 0.15) is 66.7 Å². The number of thioether (sulfide) groups is 1. The quantitative estimate of drug-likeness (QED) is 0.182. The summed E-state index contributed by atoms with van der Waals surface area (Å²) in [5.41, 5.74) is 21.3. The van der Waals surface area contributed by atoms with Crippen LogP contribution >= 0.6 is 11.8 Å². The van der Waals surface area contributed by atoms with Crippen LogP contribution in [0.3, 0.4) is 0 Å². The summed E-state index contributed by atoms with van der Waals surface area (Å²) in [6.45, 7) is 16.0. The molecule has 1 aliphatic rings. The fourth-order valence-electron chi connectivity index (χ4n) is 3.24. The Morgan fingerprint density at radius 2 is 1.86 bits per heavy atom. The van der Waals surface area contributed by atoms with Crippen LogP contribution in [0.25, 0.3) is 0 Å². The molecule has 0 spiro atoms. The Morgan fingerprint density at radius 1 is 1.28 bits per heavy atom. The lowest BCUT2D eigenvalue weighted by Gasteiger charge is -2.25. The van der Waals surface area contributed by atoms with Crippen LogP contribution in [0.5, 0.6) is 0 Å². The number of allylic oxidation sites excluding steroid dienone is 4. The van der Waals surface area contributed by atoms with E-state index in [1.54, 1.807) is 24.8 Å². The van der Waals surface area contributed by atoms with Crippen molar-refractivity contribution in [2.24, 2.45) is 46.6 Å². The van der Waals surface area contributed by atoms with Gasteiger partial charge in [0.15, 0.2) is 0 Å². The summed E-state index contributed by atoms with van der Waals surface area (Å²) < 4.78 is 0. The number of primary amides is 2. The van der Waals surface area contributed by atoms with Gasteiger partial charge >= 0.3 is 0 Å². The van der Waals surface area contributed by atoms with Crippen molar-refractivity contribution < 1.29 is 14.4 Å². The Morgan fingerprint density at radius 3 is 2.33 bits per heavy atom. The zero-order valence-electron chi connectivity index (χ0n) is 22.8. The first-order valence-electron chi connectivity index (χ1n) is 12.6. The molecule has 206 valence electrons. The van der Waals surface area contributed by atoms with Gasteiger partial charge in [0, 0.05) is 36.2 Å². The Bertz CT molecular complexity index is 763. The minimum absolute atomic E-state index is 0.0707. The molecule has 0 radical (unpaired) electrons. The van der Waals surface area contributed by atoms with E-state index in [9.17, 15) is 9.59 Å². The van der Waals surface area contributed by atoms with E-state index in [1.807, 2.05) is 0 Å². The molecule has 1 rings (SSSR count).